The smallest absolute Gasteiger partial charge is 0.299 e. The van der Waals surface area contributed by atoms with Gasteiger partial charge in [-0.3, -0.25) is 4.79 Å². The maximum atomic E-state index is 12.9. The fraction of sp³-hybridized carbons (Fsp3) is 0.227. The molecule has 3 rings (SSSR count). The lowest BCUT2D eigenvalue weighted by Crippen LogP contribution is -2.33. The fourth-order valence-electron chi connectivity index (χ4n) is 3.14. The van der Waals surface area contributed by atoms with E-state index < -0.39 is 58.1 Å². The number of ketones is 1. The van der Waals surface area contributed by atoms with E-state index in [1.807, 2.05) is 0 Å². The molecule has 0 atom stereocenters. The molecule has 0 aliphatic rings. The Labute approximate surface area is 196 Å². The highest BCUT2D eigenvalue weighted by atomic mass is 32.2. The number of benzene rings is 2. The van der Waals surface area contributed by atoms with Gasteiger partial charge >= 0.3 is 12.4 Å². The number of halogens is 6. The summed E-state index contributed by atoms with van der Waals surface area (Å²) in [7, 11) is -4.56. The van der Waals surface area contributed by atoms with E-state index in [4.69, 9.17) is 0 Å². The van der Waals surface area contributed by atoms with Crippen molar-refractivity contribution in [3.63, 3.8) is 0 Å². The van der Waals surface area contributed by atoms with Crippen LogP contribution in [0.3, 0.4) is 0 Å². The Morgan fingerprint density at radius 1 is 0.914 bits per heavy atom. The predicted molar refractivity (Wildman–Crippen MR) is 113 cm³/mol. The van der Waals surface area contributed by atoms with E-state index >= 15 is 0 Å². The molecule has 0 aliphatic carbocycles. The van der Waals surface area contributed by atoms with Gasteiger partial charge in [0.1, 0.15) is 23.8 Å². The lowest BCUT2D eigenvalue weighted by atomic mass is 9.95. The Bertz CT molecular complexity index is 1310. The number of hydrogen-bond acceptors (Lipinski definition) is 5. The molecule has 3 aromatic rings. The van der Waals surface area contributed by atoms with Gasteiger partial charge in [0.15, 0.2) is 0 Å². The van der Waals surface area contributed by atoms with Crippen LogP contribution in [-0.2, 0) is 33.8 Å². The van der Waals surface area contributed by atoms with Crippen LogP contribution < -0.4 is 4.72 Å². The highest BCUT2D eigenvalue weighted by Gasteiger charge is 2.33. The summed E-state index contributed by atoms with van der Waals surface area (Å²) < 4.78 is 102. The van der Waals surface area contributed by atoms with Gasteiger partial charge < -0.3 is 0 Å². The van der Waals surface area contributed by atoms with Crippen molar-refractivity contribution in [2.45, 2.75) is 30.1 Å². The number of carbonyl (C=O) groups excluding carboxylic acids is 1. The number of nitrogens with zero attached hydrogens (tertiary/aromatic N) is 2. The van der Waals surface area contributed by atoms with E-state index in [-0.39, 0.29) is 11.4 Å². The van der Waals surface area contributed by atoms with Gasteiger partial charge in [-0.05, 0) is 34.9 Å². The molecule has 0 aliphatic heterocycles. The molecule has 0 amide bonds. The Hall–Kier alpha value is -3.32. The standard InChI is InChI=1S/C22H17F6N3O3S/c23-21(24,25)13-30-35(33,34)17-6-7-18(14-4-2-1-3-5-14)15(11-17)10-16(32)12-20-29-9-8-19(31-20)22(26,27)28/h1-9,11,30H,10,12-13H2. The summed E-state index contributed by atoms with van der Waals surface area (Å²) in [6.45, 7) is -1.78. The molecule has 0 unspecified atom stereocenters. The largest absolute Gasteiger partial charge is 0.433 e. The molecule has 35 heavy (non-hydrogen) atoms. The van der Waals surface area contributed by atoms with Crippen molar-refractivity contribution in [1.82, 2.24) is 14.7 Å². The van der Waals surface area contributed by atoms with Crippen LogP contribution in [0.15, 0.2) is 65.7 Å². The normalized spacial score (nSPS) is 12.5. The highest BCUT2D eigenvalue weighted by Crippen LogP contribution is 2.29. The molecular formula is C22H17F6N3O3S. The van der Waals surface area contributed by atoms with E-state index in [0.29, 0.717) is 17.2 Å². The summed E-state index contributed by atoms with van der Waals surface area (Å²) in [5.41, 5.74) is -0.0383. The van der Waals surface area contributed by atoms with Gasteiger partial charge in [-0.2, -0.15) is 26.3 Å². The van der Waals surface area contributed by atoms with Crippen molar-refractivity contribution in [3.8, 4) is 11.1 Å². The highest BCUT2D eigenvalue weighted by molar-refractivity contribution is 7.89. The number of rotatable bonds is 8. The van der Waals surface area contributed by atoms with E-state index in [2.05, 4.69) is 9.97 Å². The monoisotopic (exact) mass is 517 g/mol. The summed E-state index contributed by atoms with van der Waals surface area (Å²) in [6.07, 6.45) is -9.63. The summed E-state index contributed by atoms with van der Waals surface area (Å²) in [5, 5.41) is 0. The average Bonchev–Trinajstić information content (AvgIpc) is 2.77. The third-order valence-electron chi connectivity index (χ3n) is 4.67. The Kier molecular flexibility index (Phi) is 7.60. The number of carbonyl (C=O) groups is 1. The SMILES string of the molecule is O=C(Cc1nccc(C(F)(F)F)n1)Cc1cc(S(=O)(=O)NCC(F)(F)F)ccc1-c1ccccc1. The van der Waals surface area contributed by atoms with Gasteiger partial charge in [0.2, 0.25) is 10.0 Å². The van der Waals surface area contributed by atoms with Gasteiger partial charge in [-0.1, -0.05) is 36.4 Å². The Morgan fingerprint density at radius 3 is 2.23 bits per heavy atom. The quantitative estimate of drug-likeness (QED) is 0.449. The van der Waals surface area contributed by atoms with E-state index in [1.54, 1.807) is 30.3 Å². The molecule has 0 spiro atoms. The summed E-state index contributed by atoms with van der Waals surface area (Å²) in [5.74, 6) is -0.999. The zero-order chi connectivity index (χ0) is 25.9. The molecule has 1 heterocycles. The topological polar surface area (TPSA) is 89.0 Å². The van der Waals surface area contributed by atoms with Crippen LogP contribution in [0.25, 0.3) is 11.1 Å². The maximum Gasteiger partial charge on any atom is 0.433 e. The molecule has 1 N–H and O–H groups in total. The number of alkyl halides is 6. The molecular weight excluding hydrogens is 500 g/mol. The minimum Gasteiger partial charge on any atom is -0.299 e. The van der Waals surface area contributed by atoms with Gasteiger partial charge in [-0.25, -0.2) is 23.1 Å². The number of Topliss-reactive ketones (excluding diaryl/α,β-unsaturated/α-hetero) is 1. The van der Waals surface area contributed by atoms with Crippen LogP contribution in [0.5, 0.6) is 0 Å². The van der Waals surface area contributed by atoms with Crippen molar-refractivity contribution >= 4 is 15.8 Å². The number of hydrogen-bond donors (Lipinski definition) is 1. The molecule has 0 radical (unpaired) electrons. The first-order chi connectivity index (χ1) is 16.2. The van der Waals surface area contributed by atoms with Gasteiger partial charge in [0.05, 0.1) is 11.3 Å². The zero-order valence-corrected chi connectivity index (χ0v) is 18.5. The Morgan fingerprint density at radius 2 is 1.60 bits per heavy atom. The fourth-order valence-corrected chi connectivity index (χ4v) is 4.20. The van der Waals surface area contributed by atoms with Gasteiger partial charge in [0, 0.05) is 12.6 Å². The van der Waals surface area contributed by atoms with Gasteiger partial charge in [-0.15, -0.1) is 0 Å². The van der Waals surface area contributed by atoms with E-state index in [9.17, 15) is 39.6 Å². The lowest BCUT2D eigenvalue weighted by Gasteiger charge is -2.14. The molecule has 2 aromatic carbocycles. The van der Waals surface area contributed by atoms with Crippen molar-refractivity contribution in [2.75, 3.05) is 6.54 Å². The molecule has 6 nitrogen and oxygen atoms in total. The molecule has 0 saturated heterocycles. The third-order valence-corrected chi connectivity index (χ3v) is 6.07. The van der Waals surface area contributed by atoms with Crippen LogP contribution >= 0.6 is 0 Å². The number of aromatic nitrogens is 2. The Balaban J connectivity index is 1.92. The second-order valence-electron chi connectivity index (χ2n) is 7.37. The van der Waals surface area contributed by atoms with Crippen molar-refractivity contribution in [2.24, 2.45) is 0 Å². The first kappa shape index (κ1) is 26.3. The van der Waals surface area contributed by atoms with E-state index in [0.717, 1.165) is 18.3 Å². The molecule has 0 bridgehead atoms. The minimum absolute atomic E-state index is 0.156. The molecule has 13 heteroatoms. The second-order valence-corrected chi connectivity index (χ2v) is 9.14. The van der Waals surface area contributed by atoms with Crippen LogP contribution in [0.2, 0.25) is 0 Å². The third kappa shape index (κ3) is 7.33. The first-order valence-corrected chi connectivity index (χ1v) is 11.4. The molecule has 0 saturated carbocycles. The van der Waals surface area contributed by atoms with E-state index in [1.165, 1.54) is 10.8 Å². The van der Waals surface area contributed by atoms with Crippen LogP contribution in [-0.4, -0.2) is 36.9 Å². The van der Waals surface area contributed by atoms with Gasteiger partial charge in [0.25, 0.3) is 0 Å². The summed E-state index contributed by atoms with van der Waals surface area (Å²) in [4.78, 5) is 19.2. The number of sulfonamides is 1. The van der Waals surface area contributed by atoms with Crippen molar-refractivity contribution in [1.29, 1.82) is 0 Å². The van der Waals surface area contributed by atoms with Crippen LogP contribution in [0.1, 0.15) is 17.1 Å². The summed E-state index contributed by atoms with van der Waals surface area (Å²) in [6, 6.07) is 12.6. The van der Waals surface area contributed by atoms with Crippen molar-refractivity contribution < 1.29 is 39.6 Å². The predicted octanol–water partition coefficient (Wildman–Crippen LogP) is 4.36. The maximum absolute atomic E-state index is 12.9. The minimum atomic E-state index is -4.78. The molecule has 0 fully saturated rings. The molecule has 1 aromatic heterocycles. The number of nitrogens with one attached hydrogen (secondary N) is 1. The lowest BCUT2D eigenvalue weighted by molar-refractivity contribution is -0.141. The molecule has 186 valence electrons. The van der Waals surface area contributed by atoms with Crippen LogP contribution in [0.4, 0.5) is 26.3 Å². The average molecular weight is 517 g/mol. The zero-order valence-electron chi connectivity index (χ0n) is 17.7. The summed E-state index contributed by atoms with van der Waals surface area (Å²) >= 11 is 0. The first-order valence-electron chi connectivity index (χ1n) is 9.90. The van der Waals surface area contributed by atoms with Crippen molar-refractivity contribution in [3.05, 3.63) is 77.9 Å². The second kappa shape index (κ2) is 10.1. The van der Waals surface area contributed by atoms with Crippen LogP contribution in [0, 0.1) is 0 Å².